The Balaban J connectivity index is 1.70. The maximum Gasteiger partial charge on any atom is 0.335 e. The molecule has 1 heterocycles. The molecule has 0 atom stereocenters. The summed E-state index contributed by atoms with van der Waals surface area (Å²) in [4.78, 5) is 27.1. The summed E-state index contributed by atoms with van der Waals surface area (Å²) in [6.45, 7) is 5.08. The first-order valence-electron chi connectivity index (χ1n) is 7.74. The quantitative estimate of drug-likeness (QED) is 0.718. The molecule has 2 amide bonds. The van der Waals surface area contributed by atoms with E-state index in [0.717, 1.165) is 16.3 Å². The lowest BCUT2D eigenvalue weighted by molar-refractivity contribution is 0.0697. The molecule has 0 saturated carbocycles. The van der Waals surface area contributed by atoms with E-state index in [2.05, 4.69) is 29.5 Å². The van der Waals surface area contributed by atoms with Gasteiger partial charge >= 0.3 is 12.0 Å². The first-order valence-corrected chi connectivity index (χ1v) is 8.62. The van der Waals surface area contributed by atoms with Gasteiger partial charge in [0.25, 0.3) is 0 Å². The highest BCUT2D eigenvalue weighted by molar-refractivity contribution is 7.09. The van der Waals surface area contributed by atoms with E-state index in [1.807, 2.05) is 5.38 Å². The number of carboxylic acids is 1. The van der Waals surface area contributed by atoms with Crippen molar-refractivity contribution >= 4 is 23.3 Å². The second-order valence-corrected chi connectivity index (χ2v) is 6.58. The Morgan fingerprint density at radius 3 is 2.50 bits per heavy atom. The smallest absolute Gasteiger partial charge is 0.335 e. The third-order valence-corrected chi connectivity index (χ3v) is 4.58. The van der Waals surface area contributed by atoms with E-state index < -0.39 is 5.97 Å². The Kier molecular flexibility index (Phi) is 6.31. The van der Waals surface area contributed by atoms with Crippen molar-refractivity contribution in [2.45, 2.75) is 32.7 Å². The number of urea groups is 1. The van der Waals surface area contributed by atoms with Crippen LogP contribution in [0.3, 0.4) is 0 Å². The van der Waals surface area contributed by atoms with Crippen LogP contribution in [0, 0.1) is 0 Å². The average Bonchev–Trinajstić information content (AvgIpc) is 3.02. The van der Waals surface area contributed by atoms with Gasteiger partial charge in [0, 0.05) is 30.8 Å². The van der Waals surface area contributed by atoms with Crippen LogP contribution in [0.2, 0.25) is 0 Å². The summed E-state index contributed by atoms with van der Waals surface area (Å²) in [5.41, 5.74) is 2.07. The molecule has 128 valence electrons. The van der Waals surface area contributed by atoms with Crippen molar-refractivity contribution in [3.8, 4) is 0 Å². The lowest BCUT2D eigenvalue weighted by Gasteiger charge is -2.07. The zero-order chi connectivity index (χ0) is 17.5. The number of benzene rings is 1. The standard InChI is InChI=1S/C17H21N3O3S/c1-11(2)15-20-14(10-24-15)7-8-18-17(23)19-9-12-3-5-13(6-4-12)16(21)22/h3-6,10-11H,7-9H2,1-2H3,(H,21,22)(H2,18,19,23). The molecule has 6 nitrogen and oxygen atoms in total. The van der Waals surface area contributed by atoms with Gasteiger partial charge in [-0.25, -0.2) is 14.6 Å². The van der Waals surface area contributed by atoms with E-state index >= 15 is 0 Å². The zero-order valence-corrected chi connectivity index (χ0v) is 14.5. The van der Waals surface area contributed by atoms with E-state index in [1.54, 1.807) is 23.5 Å². The van der Waals surface area contributed by atoms with Crippen molar-refractivity contribution in [2.75, 3.05) is 6.54 Å². The summed E-state index contributed by atoms with van der Waals surface area (Å²) < 4.78 is 0. The molecule has 0 unspecified atom stereocenters. The van der Waals surface area contributed by atoms with E-state index in [1.165, 1.54) is 12.1 Å². The van der Waals surface area contributed by atoms with Gasteiger partial charge in [-0.15, -0.1) is 11.3 Å². The minimum absolute atomic E-state index is 0.229. The number of aromatic nitrogens is 1. The number of thiazole rings is 1. The molecule has 0 fully saturated rings. The Labute approximate surface area is 144 Å². The molecule has 0 aliphatic rings. The molecule has 0 spiro atoms. The van der Waals surface area contributed by atoms with Crippen molar-refractivity contribution < 1.29 is 14.7 Å². The SMILES string of the molecule is CC(C)c1nc(CCNC(=O)NCc2ccc(C(=O)O)cc2)cs1. The van der Waals surface area contributed by atoms with Crippen molar-refractivity contribution in [2.24, 2.45) is 0 Å². The monoisotopic (exact) mass is 347 g/mol. The van der Waals surface area contributed by atoms with Gasteiger partial charge in [0.05, 0.1) is 16.3 Å². The highest BCUT2D eigenvalue weighted by Gasteiger charge is 2.07. The van der Waals surface area contributed by atoms with Crippen LogP contribution in [-0.2, 0) is 13.0 Å². The molecule has 24 heavy (non-hydrogen) atoms. The van der Waals surface area contributed by atoms with Gasteiger partial charge in [-0.1, -0.05) is 26.0 Å². The number of hydrogen-bond acceptors (Lipinski definition) is 4. The number of carbonyl (C=O) groups is 2. The van der Waals surface area contributed by atoms with Gasteiger partial charge in [0.1, 0.15) is 0 Å². The molecular weight excluding hydrogens is 326 g/mol. The molecule has 2 rings (SSSR count). The molecule has 3 N–H and O–H groups in total. The molecule has 7 heteroatoms. The number of amides is 2. The molecule has 0 saturated heterocycles. The van der Waals surface area contributed by atoms with Crippen molar-refractivity contribution in [3.63, 3.8) is 0 Å². The number of aromatic carboxylic acids is 1. The van der Waals surface area contributed by atoms with Crippen LogP contribution in [0.4, 0.5) is 4.79 Å². The third-order valence-electron chi connectivity index (χ3n) is 3.38. The number of nitrogens with one attached hydrogen (secondary N) is 2. The number of nitrogens with zero attached hydrogens (tertiary/aromatic N) is 1. The fourth-order valence-corrected chi connectivity index (χ4v) is 2.89. The lowest BCUT2D eigenvalue weighted by Crippen LogP contribution is -2.36. The van der Waals surface area contributed by atoms with Crippen molar-refractivity contribution in [3.05, 3.63) is 51.5 Å². The van der Waals surface area contributed by atoms with Crippen LogP contribution in [-0.4, -0.2) is 28.6 Å². The van der Waals surface area contributed by atoms with Gasteiger partial charge in [-0.2, -0.15) is 0 Å². The molecule has 0 radical (unpaired) electrons. The van der Waals surface area contributed by atoms with Crippen LogP contribution in [0.1, 0.15) is 46.4 Å². The molecule has 0 aliphatic carbocycles. The van der Waals surface area contributed by atoms with Crippen molar-refractivity contribution in [1.29, 1.82) is 0 Å². The maximum atomic E-state index is 11.8. The molecular formula is C17H21N3O3S. The maximum absolute atomic E-state index is 11.8. The summed E-state index contributed by atoms with van der Waals surface area (Å²) in [5, 5.41) is 17.5. The second kappa shape index (κ2) is 8.44. The lowest BCUT2D eigenvalue weighted by atomic mass is 10.1. The van der Waals surface area contributed by atoms with E-state index in [9.17, 15) is 9.59 Å². The predicted octanol–water partition coefficient (Wildman–Crippen LogP) is 3.01. The largest absolute Gasteiger partial charge is 0.478 e. The molecule has 1 aromatic heterocycles. The Morgan fingerprint density at radius 2 is 1.92 bits per heavy atom. The number of hydrogen-bond donors (Lipinski definition) is 3. The Morgan fingerprint density at radius 1 is 1.21 bits per heavy atom. The summed E-state index contributed by atoms with van der Waals surface area (Å²) in [6, 6.07) is 6.16. The fourth-order valence-electron chi connectivity index (χ4n) is 2.02. The van der Waals surface area contributed by atoms with Gasteiger partial charge < -0.3 is 15.7 Å². The zero-order valence-electron chi connectivity index (χ0n) is 13.7. The minimum atomic E-state index is -0.963. The number of carboxylic acid groups (broad SMARTS) is 1. The van der Waals surface area contributed by atoms with E-state index in [-0.39, 0.29) is 11.6 Å². The number of rotatable bonds is 7. The van der Waals surface area contributed by atoms with Crippen LogP contribution in [0.5, 0.6) is 0 Å². The molecule has 2 aromatic rings. The van der Waals surface area contributed by atoms with E-state index in [4.69, 9.17) is 5.11 Å². The van der Waals surface area contributed by atoms with Gasteiger partial charge in [0.15, 0.2) is 0 Å². The van der Waals surface area contributed by atoms with Gasteiger partial charge in [-0.3, -0.25) is 0 Å². The summed E-state index contributed by atoms with van der Waals surface area (Å²) in [6.07, 6.45) is 0.698. The first kappa shape index (κ1) is 17.9. The van der Waals surface area contributed by atoms with Crippen LogP contribution < -0.4 is 10.6 Å². The van der Waals surface area contributed by atoms with Gasteiger partial charge in [-0.05, 0) is 17.7 Å². The normalized spacial score (nSPS) is 10.6. The first-order chi connectivity index (χ1) is 11.5. The van der Waals surface area contributed by atoms with Gasteiger partial charge in [0.2, 0.25) is 0 Å². The second-order valence-electron chi connectivity index (χ2n) is 5.69. The van der Waals surface area contributed by atoms with Crippen molar-refractivity contribution in [1.82, 2.24) is 15.6 Å². The third kappa shape index (κ3) is 5.34. The van der Waals surface area contributed by atoms with Crippen LogP contribution in [0.15, 0.2) is 29.6 Å². The Bertz CT molecular complexity index is 695. The molecule has 1 aromatic carbocycles. The van der Waals surface area contributed by atoms with Crippen LogP contribution in [0.25, 0.3) is 0 Å². The van der Waals surface area contributed by atoms with Crippen LogP contribution >= 0.6 is 11.3 Å². The summed E-state index contributed by atoms with van der Waals surface area (Å²) in [7, 11) is 0. The minimum Gasteiger partial charge on any atom is -0.478 e. The summed E-state index contributed by atoms with van der Waals surface area (Å²) in [5.74, 6) is -0.539. The highest BCUT2D eigenvalue weighted by Crippen LogP contribution is 2.19. The Hall–Kier alpha value is -2.41. The fraction of sp³-hybridized carbons (Fsp3) is 0.353. The van der Waals surface area contributed by atoms with E-state index in [0.29, 0.717) is 25.4 Å². The topological polar surface area (TPSA) is 91.3 Å². The average molecular weight is 347 g/mol. The molecule has 0 bridgehead atoms. The number of carbonyl (C=O) groups excluding carboxylic acids is 1. The highest BCUT2D eigenvalue weighted by atomic mass is 32.1. The summed E-state index contributed by atoms with van der Waals surface area (Å²) >= 11 is 1.65. The predicted molar refractivity (Wildman–Crippen MR) is 93.5 cm³/mol. The molecule has 0 aliphatic heterocycles.